The number of imidazole rings is 1. The van der Waals surface area contributed by atoms with Gasteiger partial charge in [-0.05, 0) is 0 Å². The number of aromatic nitrogens is 4. The summed E-state index contributed by atoms with van der Waals surface area (Å²) in [6, 6.07) is 0. The molecule has 0 unspecified atom stereocenters. The van der Waals surface area contributed by atoms with Crippen LogP contribution in [0.25, 0.3) is 11.2 Å². The molecule has 0 saturated heterocycles. The van der Waals surface area contributed by atoms with E-state index < -0.39 is 38.7 Å². The van der Waals surface area contributed by atoms with E-state index in [0.29, 0.717) is 0 Å². The standard InChI is InChI=1S/C10H14N5O7P/c11-8-6-9(13-2-12-8)15(3-14-6)10(18)7(17)5(1-16)22-4-23(19,20)21/h2-3,5,7,16-17H,1,4H2,(H2,11,12,13)(H2,19,20,21)/t5-,7+/m0/s1. The van der Waals surface area contributed by atoms with E-state index in [9.17, 15) is 14.5 Å². The molecule has 2 heterocycles. The molecule has 0 spiro atoms. The van der Waals surface area contributed by atoms with Crippen molar-refractivity contribution in [2.24, 2.45) is 0 Å². The number of ether oxygens (including phenoxy) is 1. The molecule has 0 aliphatic rings. The van der Waals surface area contributed by atoms with Crippen molar-refractivity contribution in [1.82, 2.24) is 19.5 Å². The molecule has 6 N–H and O–H groups in total. The van der Waals surface area contributed by atoms with Crippen LogP contribution in [-0.4, -0.2) is 70.6 Å². The van der Waals surface area contributed by atoms with Crippen molar-refractivity contribution < 1.29 is 34.1 Å². The van der Waals surface area contributed by atoms with Crippen molar-refractivity contribution in [1.29, 1.82) is 0 Å². The van der Waals surface area contributed by atoms with Gasteiger partial charge < -0.3 is 30.5 Å². The number of carbonyl (C=O) groups excluding carboxylic acids is 1. The summed E-state index contributed by atoms with van der Waals surface area (Å²) in [6.45, 7) is -0.837. The van der Waals surface area contributed by atoms with Crippen LogP contribution in [-0.2, 0) is 9.30 Å². The average Bonchev–Trinajstić information content (AvgIpc) is 2.91. The van der Waals surface area contributed by atoms with Gasteiger partial charge in [0.15, 0.2) is 23.1 Å². The summed E-state index contributed by atoms with van der Waals surface area (Å²) in [5, 5.41) is 19.1. The first-order valence-electron chi connectivity index (χ1n) is 6.17. The van der Waals surface area contributed by atoms with Crippen LogP contribution in [0, 0.1) is 0 Å². The molecule has 126 valence electrons. The highest BCUT2D eigenvalue weighted by Gasteiger charge is 2.31. The first-order valence-corrected chi connectivity index (χ1v) is 7.97. The van der Waals surface area contributed by atoms with E-state index >= 15 is 0 Å². The Labute approximate surface area is 128 Å². The molecule has 0 radical (unpaired) electrons. The maximum atomic E-state index is 12.2. The Kier molecular flexibility index (Phi) is 5.04. The van der Waals surface area contributed by atoms with E-state index in [4.69, 9.17) is 25.4 Å². The van der Waals surface area contributed by atoms with Crippen LogP contribution >= 0.6 is 7.60 Å². The molecule has 12 nitrogen and oxygen atoms in total. The zero-order chi connectivity index (χ0) is 17.2. The number of nitrogen functional groups attached to an aromatic ring is 1. The smallest absolute Gasteiger partial charge is 0.350 e. The molecular weight excluding hydrogens is 333 g/mol. The second-order valence-electron chi connectivity index (χ2n) is 4.51. The lowest BCUT2D eigenvalue weighted by atomic mass is 10.2. The molecular formula is C10H14N5O7P. The van der Waals surface area contributed by atoms with E-state index in [2.05, 4.69) is 15.0 Å². The highest BCUT2D eigenvalue weighted by Crippen LogP contribution is 2.34. The molecule has 0 bridgehead atoms. The van der Waals surface area contributed by atoms with Crippen LogP contribution in [0.15, 0.2) is 12.7 Å². The normalized spacial score (nSPS) is 14.8. The quantitative estimate of drug-likeness (QED) is 0.360. The SMILES string of the molecule is Nc1ncnc2c1ncn2C(=O)[C@H](O)[C@H](CO)OCP(=O)(O)O. The predicted octanol–water partition coefficient (Wildman–Crippen LogP) is -2.08. The number of aliphatic hydroxyl groups excluding tert-OH is 2. The summed E-state index contributed by atoms with van der Waals surface area (Å²) in [5.74, 6) is -0.928. The summed E-state index contributed by atoms with van der Waals surface area (Å²) in [5.41, 5.74) is 5.75. The molecule has 0 saturated carbocycles. The number of hydrogen-bond donors (Lipinski definition) is 5. The van der Waals surface area contributed by atoms with E-state index in [1.54, 1.807) is 0 Å². The number of fused-ring (bicyclic) bond motifs is 1. The number of hydrogen-bond acceptors (Lipinski definition) is 9. The Morgan fingerprint density at radius 2 is 2.09 bits per heavy atom. The summed E-state index contributed by atoms with van der Waals surface area (Å²) in [4.78, 5) is 41.1. The molecule has 0 aliphatic carbocycles. The fourth-order valence-electron chi connectivity index (χ4n) is 1.75. The van der Waals surface area contributed by atoms with Crippen molar-refractivity contribution >= 4 is 30.5 Å². The first-order chi connectivity index (χ1) is 10.7. The van der Waals surface area contributed by atoms with Gasteiger partial charge in [-0.25, -0.2) is 15.0 Å². The second-order valence-corrected chi connectivity index (χ2v) is 6.10. The van der Waals surface area contributed by atoms with Crippen molar-refractivity contribution in [3.05, 3.63) is 12.7 Å². The van der Waals surface area contributed by atoms with Gasteiger partial charge in [0.25, 0.3) is 5.91 Å². The lowest BCUT2D eigenvalue weighted by Crippen LogP contribution is -2.41. The van der Waals surface area contributed by atoms with E-state index in [1.807, 2.05) is 0 Å². The van der Waals surface area contributed by atoms with Crippen molar-refractivity contribution in [2.75, 3.05) is 18.7 Å². The topological polar surface area (TPSA) is 194 Å². The third-order valence-electron chi connectivity index (χ3n) is 2.84. The zero-order valence-corrected chi connectivity index (χ0v) is 12.4. The summed E-state index contributed by atoms with van der Waals surface area (Å²) < 4.78 is 16.3. The lowest BCUT2D eigenvalue weighted by Gasteiger charge is -2.20. The molecule has 2 atom stereocenters. The van der Waals surface area contributed by atoms with Gasteiger partial charge in [0.2, 0.25) is 0 Å². The fourth-order valence-corrected chi connectivity index (χ4v) is 2.14. The summed E-state index contributed by atoms with van der Waals surface area (Å²) >= 11 is 0. The Morgan fingerprint density at radius 1 is 1.39 bits per heavy atom. The Bertz CT molecular complexity index is 759. The molecule has 13 heteroatoms. The van der Waals surface area contributed by atoms with Gasteiger partial charge in [-0.3, -0.25) is 13.9 Å². The molecule has 0 fully saturated rings. The van der Waals surface area contributed by atoms with Crippen molar-refractivity contribution in [3.63, 3.8) is 0 Å². The van der Waals surface area contributed by atoms with Crippen LogP contribution in [0.3, 0.4) is 0 Å². The highest BCUT2D eigenvalue weighted by molar-refractivity contribution is 7.51. The largest absolute Gasteiger partial charge is 0.394 e. The third-order valence-corrected chi connectivity index (χ3v) is 3.33. The highest BCUT2D eigenvalue weighted by atomic mass is 31.2. The lowest BCUT2D eigenvalue weighted by molar-refractivity contribution is -0.0427. The first kappa shape index (κ1) is 17.4. The monoisotopic (exact) mass is 347 g/mol. The molecule has 2 rings (SSSR count). The van der Waals surface area contributed by atoms with E-state index in [1.165, 1.54) is 0 Å². The molecule has 2 aromatic rings. The van der Waals surface area contributed by atoms with Gasteiger partial charge in [0, 0.05) is 0 Å². The van der Waals surface area contributed by atoms with Crippen LogP contribution in [0.2, 0.25) is 0 Å². The summed E-state index contributed by atoms with van der Waals surface area (Å²) in [7, 11) is -4.52. The van der Waals surface area contributed by atoms with Crippen LogP contribution in [0.5, 0.6) is 0 Å². The maximum absolute atomic E-state index is 12.2. The number of nitrogens with zero attached hydrogens (tertiary/aromatic N) is 4. The molecule has 23 heavy (non-hydrogen) atoms. The van der Waals surface area contributed by atoms with Gasteiger partial charge in [-0.15, -0.1) is 0 Å². The Hall–Kier alpha value is -1.95. The third kappa shape index (κ3) is 3.88. The van der Waals surface area contributed by atoms with Crippen molar-refractivity contribution in [2.45, 2.75) is 12.2 Å². The Morgan fingerprint density at radius 3 is 2.70 bits per heavy atom. The minimum Gasteiger partial charge on any atom is -0.394 e. The number of carbonyl (C=O) groups is 1. The van der Waals surface area contributed by atoms with Crippen LogP contribution in [0.1, 0.15) is 4.79 Å². The van der Waals surface area contributed by atoms with Gasteiger partial charge in [0.1, 0.15) is 25.1 Å². The maximum Gasteiger partial charge on any atom is 0.350 e. The van der Waals surface area contributed by atoms with Gasteiger partial charge >= 0.3 is 7.60 Å². The van der Waals surface area contributed by atoms with Gasteiger partial charge in [0.05, 0.1) is 6.61 Å². The number of anilines is 1. The minimum absolute atomic E-state index is 0.0347. The molecule has 0 aliphatic heterocycles. The van der Waals surface area contributed by atoms with Gasteiger partial charge in [-0.1, -0.05) is 0 Å². The van der Waals surface area contributed by atoms with Crippen molar-refractivity contribution in [3.8, 4) is 0 Å². The van der Waals surface area contributed by atoms with Crippen LogP contribution < -0.4 is 5.73 Å². The predicted molar refractivity (Wildman–Crippen MR) is 75.2 cm³/mol. The number of aliphatic hydroxyl groups is 2. The zero-order valence-electron chi connectivity index (χ0n) is 11.6. The molecule has 0 aromatic carbocycles. The van der Waals surface area contributed by atoms with Crippen LogP contribution in [0.4, 0.5) is 5.82 Å². The molecule has 0 amide bonds. The number of rotatable bonds is 6. The molecule has 2 aromatic heterocycles. The minimum atomic E-state index is -4.52. The Balaban J connectivity index is 2.23. The van der Waals surface area contributed by atoms with E-state index in [-0.39, 0.29) is 17.0 Å². The summed E-state index contributed by atoms with van der Waals surface area (Å²) in [6.07, 6.45) is -2.34. The second kappa shape index (κ2) is 6.66. The fraction of sp³-hybridized carbons (Fsp3) is 0.400. The average molecular weight is 347 g/mol. The van der Waals surface area contributed by atoms with E-state index in [0.717, 1.165) is 17.2 Å². The van der Waals surface area contributed by atoms with Gasteiger partial charge in [-0.2, -0.15) is 0 Å². The number of nitrogens with two attached hydrogens (primary N) is 1.